The molecule has 142 valence electrons. The summed E-state index contributed by atoms with van der Waals surface area (Å²) in [6.45, 7) is 0.0195. The molecule has 0 aromatic heterocycles. The molecule has 0 saturated carbocycles. The lowest BCUT2D eigenvalue weighted by molar-refractivity contribution is -0.387. The van der Waals surface area contributed by atoms with E-state index in [1.54, 1.807) is 0 Å². The number of ether oxygens (including phenoxy) is 1. The molecular formula is C16H14FN3O7. The maximum absolute atomic E-state index is 13.8. The van der Waals surface area contributed by atoms with Gasteiger partial charge in [-0.05, 0) is 18.6 Å². The Labute approximate surface area is 151 Å². The Morgan fingerprint density at radius 3 is 2.59 bits per heavy atom. The Morgan fingerprint density at radius 1 is 1.26 bits per heavy atom. The Morgan fingerprint density at radius 2 is 1.96 bits per heavy atom. The number of imide groups is 2. The molecule has 3 rings (SSSR count). The molecule has 1 aromatic rings. The summed E-state index contributed by atoms with van der Waals surface area (Å²) < 4.78 is 18.7. The molecule has 1 fully saturated rings. The number of hydrogen-bond donors (Lipinski definition) is 0. The van der Waals surface area contributed by atoms with Crippen molar-refractivity contribution in [1.29, 1.82) is 0 Å². The number of nitrogens with zero attached hydrogens (tertiary/aromatic N) is 3. The first-order valence-electron chi connectivity index (χ1n) is 7.97. The van der Waals surface area contributed by atoms with Crippen LogP contribution in [0.25, 0.3) is 0 Å². The van der Waals surface area contributed by atoms with E-state index in [9.17, 15) is 33.7 Å². The fourth-order valence-electron chi connectivity index (χ4n) is 3.24. The first kappa shape index (κ1) is 18.6. The molecule has 2 aliphatic rings. The van der Waals surface area contributed by atoms with Crippen molar-refractivity contribution in [1.82, 2.24) is 9.80 Å². The molecule has 2 aliphatic heterocycles. The fourth-order valence-corrected chi connectivity index (χ4v) is 3.24. The van der Waals surface area contributed by atoms with Crippen LogP contribution in [0.2, 0.25) is 0 Å². The second-order valence-electron chi connectivity index (χ2n) is 5.99. The van der Waals surface area contributed by atoms with E-state index < -0.39 is 51.7 Å². The van der Waals surface area contributed by atoms with Gasteiger partial charge in [-0.15, -0.1) is 0 Å². The zero-order valence-corrected chi connectivity index (χ0v) is 14.1. The molecule has 1 atom stereocenters. The summed E-state index contributed by atoms with van der Waals surface area (Å²) in [7, 11) is 1.38. The van der Waals surface area contributed by atoms with Crippen molar-refractivity contribution in [3.63, 3.8) is 0 Å². The van der Waals surface area contributed by atoms with Gasteiger partial charge >= 0.3 is 5.69 Å². The predicted molar refractivity (Wildman–Crippen MR) is 85.2 cm³/mol. The van der Waals surface area contributed by atoms with Crippen molar-refractivity contribution < 1.29 is 33.2 Å². The third-order valence-electron chi connectivity index (χ3n) is 4.51. The third-order valence-corrected chi connectivity index (χ3v) is 4.51. The van der Waals surface area contributed by atoms with Gasteiger partial charge in [0.1, 0.15) is 11.6 Å². The predicted octanol–water partition coefficient (Wildman–Crippen LogP) is 0.494. The number of rotatable bonds is 5. The third kappa shape index (κ3) is 2.85. The van der Waals surface area contributed by atoms with Crippen LogP contribution in [0.4, 0.5) is 10.1 Å². The van der Waals surface area contributed by atoms with Gasteiger partial charge in [0.15, 0.2) is 0 Å². The van der Waals surface area contributed by atoms with Gasteiger partial charge in [0.2, 0.25) is 11.7 Å². The summed E-state index contributed by atoms with van der Waals surface area (Å²) >= 11 is 0. The van der Waals surface area contributed by atoms with Gasteiger partial charge in [-0.1, -0.05) is 0 Å². The summed E-state index contributed by atoms with van der Waals surface area (Å²) in [4.78, 5) is 61.4. The van der Waals surface area contributed by atoms with Crippen molar-refractivity contribution in [3.8, 4) is 0 Å². The molecule has 0 aliphatic carbocycles. The minimum Gasteiger partial charge on any atom is -0.383 e. The second kappa shape index (κ2) is 6.83. The average Bonchev–Trinajstić information content (AvgIpc) is 2.86. The first-order chi connectivity index (χ1) is 12.8. The van der Waals surface area contributed by atoms with Crippen LogP contribution in [0.1, 0.15) is 33.6 Å². The van der Waals surface area contributed by atoms with Crippen molar-refractivity contribution in [3.05, 3.63) is 39.2 Å². The number of fused-ring (bicyclic) bond motifs is 1. The Kier molecular flexibility index (Phi) is 4.70. The van der Waals surface area contributed by atoms with E-state index >= 15 is 0 Å². The summed E-state index contributed by atoms with van der Waals surface area (Å²) in [5.41, 5.74) is -2.14. The number of carbonyl (C=O) groups is 4. The highest BCUT2D eigenvalue weighted by atomic mass is 19.1. The Balaban J connectivity index is 1.99. The van der Waals surface area contributed by atoms with Crippen LogP contribution >= 0.6 is 0 Å². The number of halogens is 1. The lowest BCUT2D eigenvalue weighted by Crippen LogP contribution is -2.56. The monoisotopic (exact) mass is 379 g/mol. The van der Waals surface area contributed by atoms with Crippen LogP contribution in [0.3, 0.4) is 0 Å². The van der Waals surface area contributed by atoms with E-state index in [0.717, 1.165) is 17.0 Å². The van der Waals surface area contributed by atoms with E-state index in [2.05, 4.69) is 0 Å². The van der Waals surface area contributed by atoms with Gasteiger partial charge in [-0.2, -0.15) is 4.39 Å². The fraction of sp³-hybridized carbons (Fsp3) is 0.375. The standard InChI is InChI=1S/C16H14FN3O7/c1-27-7-6-18-11(21)5-4-10(15(18)23)19-14(22)8-2-3-9(17)13(20(25)26)12(8)16(19)24/h2-3,10H,4-7H2,1H3. The van der Waals surface area contributed by atoms with Crippen LogP contribution in [-0.4, -0.2) is 64.7 Å². The number of nitro groups is 1. The van der Waals surface area contributed by atoms with Crippen LogP contribution in [0.15, 0.2) is 12.1 Å². The molecule has 10 nitrogen and oxygen atoms in total. The highest BCUT2D eigenvalue weighted by Crippen LogP contribution is 2.35. The number of amides is 4. The van der Waals surface area contributed by atoms with E-state index in [1.807, 2.05) is 0 Å². The summed E-state index contributed by atoms with van der Waals surface area (Å²) in [5.74, 6) is -4.56. The molecule has 4 amide bonds. The zero-order chi connectivity index (χ0) is 19.9. The van der Waals surface area contributed by atoms with Gasteiger partial charge in [0.25, 0.3) is 17.7 Å². The van der Waals surface area contributed by atoms with E-state index in [-0.39, 0.29) is 31.6 Å². The van der Waals surface area contributed by atoms with Crippen LogP contribution in [-0.2, 0) is 14.3 Å². The molecule has 0 bridgehead atoms. The number of carbonyl (C=O) groups excluding carboxylic acids is 4. The van der Waals surface area contributed by atoms with Gasteiger partial charge in [0, 0.05) is 13.5 Å². The number of hydrogen-bond acceptors (Lipinski definition) is 7. The molecule has 0 spiro atoms. The number of methoxy groups -OCH3 is 1. The lowest BCUT2D eigenvalue weighted by atomic mass is 10.0. The smallest absolute Gasteiger partial charge is 0.318 e. The van der Waals surface area contributed by atoms with Gasteiger partial charge in [-0.3, -0.25) is 39.1 Å². The molecular weight excluding hydrogens is 365 g/mol. The molecule has 11 heteroatoms. The zero-order valence-electron chi connectivity index (χ0n) is 14.1. The van der Waals surface area contributed by atoms with Crippen LogP contribution in [0, 0.1) is 15.9 Å². The van der Waals surface area contributed by atoms with Crippen molar-refractivity contribution in [2.75, 3.05) is 20.3 Å². The largest absolute Gasteiger partial charge is 0.383 e. The van der Waals surface area contributed by atoms with Crippen molar-refractivity contribution in [2.24, 2.45) is 0 Å². The van der Waals surface area contributed by atoms with Crippen LogP contribution < -0.4 is 0 Å². The Bertz CT molecular complexity index is 885. The maximum Gasteiger partial charge on any atom is 0.318 e. The topological polar surface area (TPSA) is 127 Å². The van der Waals surface area contributed by atoms with Gasteiger partial charge in [0.05, 0.1) is 23.6 Å². The van der Waals surface area contributed by atoms with Gasteiger partial charge < -0.3 is 4.74 Å². The highest BCUT2D eigenvalue weighted by Gasteiger charge is 2.50. The van der Waals surface area contributed by atoms with Gasteiger partial charge in [-0.25, -0.2) is 0 Å². The molecule has 1 aromatic carbocycles. The van der Waals surface area contributed by atoms with Crippen molar-refractivity contribution in [2.45, 2.75) is 18.9 Å². The van der Waals surface area contributed by atoms with E-state index in [0.29, 0.717) is 4.90 Å². The summed E-state index contributed by atoms with van der Waals surface area (Å²) in [6, 6.07) is 0.400. The molecule has 0 N–H and O–H groups in total. The average molecular weight is 379 g/mol. The van der Waals surface area contributed by atoms with E-state index in [4.69, 9.17) is 4.74 Å². The normalized spacial score (nSPS) is 19.7. The molecule has 2 heterocycles. The minimum absolute atomic E-state index is 0.0530. The Hall–Kier alpha value is -3.21. The summed E-state index contributed by atoms with van der Waals surface area (Å²) in [5, 5.41) is 11.1. The minimum atomic E-state index is -1.30. The number of piperidine rings is 1. The molecule has 0 radical (unpaired) electrons. The summed E-state index contributed by atoms with van der Waals surface area (Å²) in [6.07, 6.45) is -0.202. The quantitative estimate of drug-likeness (QED) is 0.414. The molecule has 1 saturated heterocycles. The second-order valence-corrected chi connectivity index (χ2v) is 5.99. The SMILES string of the molecule is COCCN1C(=O)CCC(N2C(=O)c3ccc(F)c([N+](=O)[O-])c3C2=O)C1=O. The molecule has 1 unspecified atom stereocenters. The van der Waals surface area contributed by atoms with E-state index in [1.165, 1.54) is 7.11 Å². The highest BCUT2D eigenvalue weighted by molar-refractivity contribution is 6.25. The number of nitro benzene ring substituents is 1. The first-order valence-corrected chi connectivity index (χ1v) is 7.97. The maximum atomic E-state index is 13.8. The van der Waals surface area contributed by atoms with Crippen molar-refractivity contribution >= 4 is 29.3 Å². The lowest BCUT2D eigenvalue weighted by Gasteiger charge is -2.34. The number of benzene rings is 1. The van der Waals surface area contributed by atoms with Crippen LogP contribution in [0.5, 0.6) is 0 Å². The molecule has 27 heavy (non-hydrogen) atoms. The number of likely N-dealkylation sites (tertiary alicyclic amines) is 1.